The van der Waals surface area contributed by atoms with Gasteiger partial charge >= 0.3 is 0 Å². The van der Waals surface area contributed by atoms with Crippen LogP contribution < -0.4 is 19.9 Å². The normalized spacial score (nSPS) is 19.2. The minimum atomic E-state index is 0.0691. The van der Waals surface area contributed by atoms with Crippen molar-refractivity contribution in [3.8, 4) is 23.0 Å². The van der Waals surface area contributed by atoms with Crippen LogP contribution in [0.25, 0.3) is 0 Å². The molecule has 2 aliphatic rings. The van der Waals surface area contributed by atoms with Crippen molar-refractivity contribution in [2.45, 2.75) is 31.9 Å². The van der Waals surface area contributed by atoms with E-state index in [-0.39, 0.29) is 6.10 Å². The number of nitrogens with zero attached hydrogens (tertiary/aromatic N) is 1. The molecule has 5 nitrogen and oxygen atoms in total. The molecule has 26 heavy (non-hydrogen) atoms. The Bertz CT molecular complexity index is 772. The van der Waals surface area contributed by atoms with Gasteiger partial charge in [-0.3, -0.25) is 4.90 Å². The number of hydrogen-bond acceptors (Lipinski definition) is 5. The number of likely N-dealkylation sites (tertiary alicyclic amines) is 1. The highest BCUT2D eigenvalue weighted by Crippen LogP contribution is 2.36. The first-order valence-corrected chi connectivity index (χ1v) is 9.32. The Balaban J connectivity index is 1.49. The van der Waals surface area contributed by atoms with Crippen LogP contribution in [0.1, 0.15) is 24.0 Å². The maximum absolute atomic E-state index is 6.09. The summed E-state index contributed by atoms with van der Waals surface area (Å²) in [5.74, 6) is 3.18. The Morgan fingerprint density at radius 3 is 2.73 bits per heavy atom. The molecule has 0 aromatic heterocycles. The lowest BCUT2D eigenvalue weighted by Gasteiger charge is -2.17. The summed E-state index contributed by atoms with van der Waals surface area (Å²) in [4.78, 5) is 2.48. The molecule has 0 aliphatic carbocycles. The van der Waals surface area contributed by atoms with Gasteiger partial charge < -0.3 is 19.9 Å². The number of fused-ring (bicyclic) bond motifs is 1. The number of ether oxygens (including phenoxy) is 3. The zero-order valence-corrected chi connectivity index (χ0v) is 15.2. The summed E-state index contributed by atoms with van der Waals surface area (Å²) in [6.45, 7) is 3.85. The Labute approximate surface area is 154 Å². The van der Waals surface area contributed by atoms with Crippen molar-refractivity contribution < 1.29 is 14.2 Å². The molecule has 1 saturated heterocycles. The molecule has 2 aromatic rings. The second kappa shape index (κ2) is 7.56. The van der Waals surface area contributed by atoms with Gasteiger partial charge in [-0.2, -0.15) is 0 Å². The maximum atomic E-state index is 6.09. The molecular formula is C21H26N2O3. The third kappa shape index (κ3) is 3.64. The van der Waals surface area contributed by atoms with Gasteiger partial charge in [0, 0.05) is 25.1 Å². The van der Waals surface area contributed by atoms with Crippen molar-refractivity contribution in [2.24, 2.45) is 5.73 Å². The Morgan fingerprint density at radius 2 is 1.96 bits per heavy atom. The molecule has 0 radical (unpaired) electrons. The Kier molecular flexibility index (Phi) is 5.00. The molecule has 1 atom stereocenters. The van der Waals surface area contributed by atoms with Crippen LogP contribution in [-0.4, -0.2) is 37.7 Å². The smallest absolute Gasteiger partial charge is 0.169 e. The van der Waals surface area contributed by atoms with Crippen LogP contribution >= 0.6 is 0 Å². The van der Waals surface area contributed by atoms with Gasteiger partial charge in [0.25, 0.3) is 0 Å². The second-order valence-electron chi connectivity index (χ2n) is 7.02. The minimum Gasteiger partial charge on any atom is -0.493 e. The van der Waals surface area contributed by atoms with E-state index in [1.165, 1.54) is 31.5 Å². The van der Waals surface area contributed by atoms with Crippen molar-refractivity contribution in [3.05, 3.63) is 47.5 Å². The van der Waals surface area contributed by atoms with Crippen LogP contribution in [0.15, 0.2) is 36.4 Å². The van der Waals surface area contributed by atoms with Gasteiger partial charge in [-0.1, -0.05) is 6.07 Å². The van der Waals surface area contributed by atoms with E-state index >= 15 is 0 Å². The Morgan fingerprint density at radius 1 is 1.12 bits per heavy atom. The number of methoxy groups -OCH3 is 1. The quantitative estimate of drug-likeness (QED) is 0.862. The fourth-order valence-corrected chi connectivity index (χ4v) is 3.71. The SMILES string of the molecule is COc1cc(CN2CCCC2)ccc1Oc1ccc2c(c1)C[C@@H](CN)O2. The number of hydrogen-bond donors (Lipinski definition) is 1. The Hall–Kier alpha value is -2.24. The molecule has 0 amide bonds. The zero-order valence-electron chi connectivity index (χ0n) is 15.2. The first kappa shape index (κ1) is 17.2. The standard InChI is InChI=1S/C21H26N2O3/c1-24-21-10-15(14-23-8-2-3-9-23)4-6-20(21)25-17-5-7-19-16(11-17)12-18(13-22)26-19/h4-7,10-11,18H,2-3,8-9,12-14,22H2,1H3/t18-/m0/s1. The summed E-state index contributed by atoms with van der Waals surface area (Å²) in [6.07, 6.45) is 3.49. The molecule has 1 fully saturated rings. The predicted octanol–water partition coefficient (Wildman–Crippen LogP) is 3.35. The highest BCUT2D eigenvalue weighted by atomic mass is 16.5. The summed E-state index contributed by atoms with van der Waals surface area (Å²) in [6, 6.07) is 12.1. The molecule has 0 unspecified atom stereocenters. The van der Waals surface area contributed by atoms with E-state index < -0.39 is 0 Å². The average molecular weight is 354 g/mol. The van der Waals surface area contributed by atoms with Crippen LogP contribution in [0.2, 0.25) is 0 Å². The van der Waals surface area contributed by atoms with E-state index in [9.17, 15) is 0 Å². The molecule has 2 aromatic carbocycles. The second-order valence-corrected chi connectivity index (χ2v) is 7.02. The van der Waals surface area contributed by atoms with Crippen molar-refractivity contribution >= 4 is 0 Å². The lowest BCUT2D eigenvalue weighted by atomic mass is 10.1. The minimum absolute atomic E-state index is 0.0691. The summed E-state index contributed by atoms with van der Waals surface area (Å²) in [5.41, 5.74) is 8.10. The molecule has 0 bridgehead atoms. The first-order chi connectivity index (χ1) is 12.7. The topological polar surface area (TPSA) is 57.0 Å². The fourth-order valence-electron chi connectivity index (χ4n) is 3.71. The van der Waals surface area contributed by atoms with Crippen molar-refractivity contribution in [1.82, 2.24) is 4.90 Å². The van der Waals surface area contributed by atoms with Gasteiger partial charge in [0.15, 0.2) is 11.5 Å². The zero-order chi connectivity index (χ0) is 17.9. The van der Waals surface area contributed by atoms with E-state index in [0.29, 0.717) is 6.54 Å². The molecule has 2 N–H and O–H groups in total. The van der Waals surface area contributed by atoms with Crippen LogP contribution in [0.4, 0.5) is 0 Å². The third-order valence-electron chi connectivity index (χ3n) is 5.10. The van der Waals surface area contributed by atoms with Gasteiger partial charge in [-0.05, 0) is 61.8 Å². The van der Waals surface area contributed by atoms with E-state index in [2.05, 4.69) is 17.0 Å². The molecule has 4 rings (SSSR count). The third-order valence-corrected chi connectivity index (χ3v) is 5.10. The highest BCUT2D eigenvalue weighted by molar-refractivity contribution is 5.48. The van der Waals surface area contributed by atoms with E-state index in [1.54, 1.807) is 7.11 Å². The van der Waals surface area contributed by atoms with Gasteiger partial charge in [0.05, 0.1) is 7.11 Å². The molecular weight excluding hydrogens is 328 g/mol. The molecule has 138 valence electrons. The highest BCUT2D eigenvalue weighted by Gasteiger charge is 2.22. The van der Waals surface area contributed by atoms with Crippen molar-refractivity contribution in [1.29, 1.82) is 0 Å². The lowest BCUT2D eigenvalue weighted by Crippen LogP contribution is -2.24. The lowest BCUT2D eigenvalue weighted by molar-refractivity contribution is 0.241. The molecule has 0 saturated carbocycles. The maximum Gasteiger partial charge on any atom is 0.169 e. The van der Waals surface area contributed by atoms with Crippen molar-refractivity contribution in [3.63, 3.8) is 0 Å². The number of nitrogens with two attached hydrogens (primary N) is 1. The van der Waals surface area contributed by atoms with Crippen LogP contribution in [0.3, 0.4) is 0 Å². The van der Waals surface area contributed by atoms with Gasteiger partial charge in [0.2, 0.25) is 0 Å². The van der Waals surface area contributed by atoms with E-state index in [0.717, 1.165) is 41.5 Å². The van der Waals surface area contributed by atoms with Gasteiger partial charge in [-0.25, -0.2) is 0 Å². The van der Waals surface area contributed by atoms with E-state index in [4.69, 9.17) is 19.9 Å². The summed E-state index contributed by atoms with van der Waals surface area (Å²) < 4.78 is 17.4. The summed E-state index contributed by atoms with van der Waals surface area (Å²) in [5, 5.41) is 0. The molecule has 5 heteroatoms. The average Bonchev–Trinajstić information content (AvgIpc) is 3.31. The largest absolute Gasteiger partial charge is 0.493 e. The van der Waals surface area contributed by atoms with Gasteiger partial charge in [-0.15, -0.1) is 0 Å². The van der Waals surface area contributed by atoms with Crippen LogP contribution in [0, 0.1) is 0 Å². The summed E-state index contributed by atoms with van der Waals surface area (Å²) in [7, 11) is 1.68. The van der Waals surface area contributed by atoms with Crippen molar-refractivity contribution in [2.75, 3.05) is 26.7 Å². The number of benzene rings is 2. The number of rotatable bonds is 6. The first-order valence-electron chi connectivity index (χ1n) is 9.32. The van der Waals surface area contributed by atoms with E-state index in [1.807, 2.05) is 24.3 Å². The summed E-state index contributed by atoms with van der Waals surface area (Å²) >= 11 is 0. The monoisotopic (exact) mass is 354 g/mol. The molecule has 2 aliphatic heterocycles. The molecule has 2 heterocycles. The van der Waals surface area contributed by atoms with Crippen LogP contribution in [-0.2, 0) is 13.0 Å². The van der Waals surface area contributed by atoms with Gasteiger partial charge in [0.1, 0.15) is 17.6 Å². The molecule has 0 spiro atoms. The van der Waals surface area contributed by atoms with Crippen LogP contribution in [0.5, 0.6) is 23.0 Å². The predicted molar refractivity (Wildman–Crippen MR) is 101 cm³/mol. The fraction of sp³-hybridized carbons (Fsp3) is 0.429.